The summed E-state index contributed by atoms with van der Waals surface area (Å²) in [7, 11) is 0. The first-order valence-electron chi connectivity index (χ1n) is 5.57. The Labute approximate surface area is 108 Å². The molecule has 6 heteroatoms. The number of para-hydroxylation sites is 1. The molecule has 1 amide bonds. The molecule has 0 aliphatic heterocycles. The second-order valence-electron chi connectivity index (χ2n) is 4.03. The summed E-state index contributed by atoms with van der Waals surface area (Å²) < 4.78 is 4.79. The summed E-state index contributed by atoms with van der Waals surface area (Å²) in [5.41, 5.74) is 5.29. The number of aromatic amines is 1. The molecule has 98 valence electrons. The van der Waals surface area contributed by atoms with Gasteiger partial charge in [-0.1, -0.05) is 18.2 Å². The molecule has 1 atom stereocenters. The van der Waals surface area contributed by atoms with Crippen LogP contribution in [0.4, 0.5) is 0 Å². The maximum absolute atomic E-state index is 11.9. The molecule has 0 spiro atoms. The summed E-state index contributed by atoms with van der Waals surface area (Å²) in [6, 6.07) is 8.55. The van der Waals surface area contributed by atoms with Gasteiger partial charge in [0.05, 0.1) is 5.56 Å². The Kier molecular flexibility index (Phi) is 3.33. The van der Waals surface area contributed by atoms with Crippen LogP contribution in [0.5, 0.6) is 0 Å². The molecule has 2 aromatic rings. The molecule has 0 radical (unpaired) electrons. The summed E-state index contributed by atoms with van der Waals surface area (Å²) in [4.78, 5) is 36.8. The lowest BCUT2D eigenvalue weighted by atomic mass is 10.1. The Morgan fingerprint density at radius 1 is 1.32 bits per heavy atom. The molecular weight excluding hydrogens is 248 g/mol. The molecule has 19 heavy (non-hydrogen) atoms. The molecule has 3 N–H and O–H groups in total. The molecule has 0 bridgehead atoms. The first-order valence-corrected chi connectivity index (χ1v) is 5.57. The van der Waals surface area contributed by atoms with E-state index >= 15 is 0 Å². The maximum Gasteiger partial charge on any atom is 0.303 e. The lowest BCUT2D eigenvalue weighted by Gasteiger charge is -2.13. The number of carbonyl (C=O) groups is 2. The molecule has 1 aromatic heterocycles. The molecule has 0 saturated heterocycles. The Morgan fingerprint density at radius 3 is 2.63 bits per heavy atom. The number of aromatic nitrogens is 1. The van der Waals surface area contributed by atoms with Crippen molar-refractivity contribution in [3.63, 3.8) is 0 Å². The SMILES string of the molecule is CC(=O)OC(C(N)=O)c1cc2ccccc2[nH]c1=O. The summed E-state index contributed by atoms with van der Waals surface area (Å²) in [6.07, 6.45) is -1.38. The summed E-state index contributed by atoms with van der Waals surface area (Å²) in [5, 5.41) is 0.718. The van der Waals surface area contributed by atoms with Crippen LogP contribution in [-0.2, 0) is 14.3 Å². The van der Waals surface area contributed by atoms with Crippen LogP contribution in [0.15, 0.2) is 35.1 Å². The predicted molar refractivity (Wildman–Crippen MR) is 68.3 cm³/mol. The van der Waals surface area contributed by atoms with Gasteiger partial charge in [-0.3, -0.25) is 14.4 Å². The fourth-order valence-electron chi connectivity index (χ4n) is 1.80. The van der Waals surface area contributed by atoms with Crippen molar-refractivity contribution in [2.75, 3.05) is 0 Å². The van der Waals surface area contributed by atoms with E-state index in [9.17, 15) is 14.4 Å². The number of fused-ring (bicyclic) bond motifs is 1. The fraction of sp³-hybridized carbons (Fsp3) is 0.154. The number of H-pyrrole nitrogens is 1. The number of pyridine rings is 1. The van der Waals surface area contributed by atoms with Crippen LogP contribution < -0.4 is 11.3 Å². The van der Waals surface area contributed by atoms with Crippen molar-refractivity contribution < 1.29 is 14.3 Å². The predicted octanol–water partition coefficient (Wildman–Crippen LogP) is 0.618. The van der Waals surface area contributed by atoms with E-state index in [0.29, 0.717) is 5.52 Å². The third-order valence-corrected chi connectivity index (χ3v) is 2.61. The van der Waals surface area contributed by atoms with Crippen LogP contribution in [-0.4, -0.2) is 16.9 Å². The number of amides is 1. The van der Waals surface area contributed by atoms with Crippen molar-refractivity contribution in [2.24, 2.45) is 5.73 Å². The Morgan fingerprint density at radius 2 is 2.00 bits per heavy atom. The van der Waals surface area contributed by atoms with Crippen LogP contribution in [0.1, 0.15) is 18.6 Å². The second kappa shape index (κ2) is 4.93. The number of primary amides is 1. The van der Waals surface area contributed by atoms with Crippen molar-refractivity contribution in [3.8, 4) is 0 Å². The van der Waals surface area contributed by atoms with Crippen LogP contribution >= 0.6 is 0 Å². The normalized spacial score (nSPS) is 12.1. The largest absolute Gasteiger partial charge is 0.447 e. The number of nitrogens with two attached hydrogens (primary N) is 1. The van der Waals surface area contributed by atoms with Gasteiger partial charge in [-0.25, -0.2) is 0 Å². The third-order valence-electron chi connectivity index (χ3n) is 2.61. The van der Waals surface area contributed by atoms with Crippen LogP contribution in [0.3, 0.4) is 0 Å². The maximum atomic E-state index is 11.9. The highest BCUT2D eigenvalue weighted by Crippen LogP contribution is 2.18. The average molecular weight is 260 g/mol. The fourth-order valence-corrected chi connectivity index (χ4v) is 1.80. The van der Waals surface area contributed by atoms with E-state index in [4.69, 9.17) is 10.5 Å². The lowest BCUT2D eigenvalue weighted by molar-refractivity contribution is -0.153. The van der Waals surface area contributed by atoms with Crippen molar-refractivity contribution in [1.82, 2.24) is 4.98 Å². The van der Waals surface area contributed by atoms with Crippen LogP contribution in [0.2, 0.25) is 0 Å². The van der Waals surface area contributed by atoms with Gasteiger partial charge in [0.2, 0.25) is 6.10 Å². The highest BCUT2D eigenvalue weighted by atomic mass is 16.5. The summed E-state index contributed by atoms with van der Waals surface area (Å²) in [6.45, 7) is 1.14. The molecule has 0 aliphatic rings. The molecular formula is C13H12N2O4. The van der Waals surface area contributed by atoms with Gasteiger partial charge in [-0.15, -0.1) is 0 Å². The van der Waals surface area contributed by atoms with Gasteiger partial charge in [0, 0.05) is 12.4 Å². The molecule has 1 unspecified atom stereocenters. The van der Waals surface area contributed by atoms with Gasteiger partial charge in [0.25, 0.3) is 11.5 Å². The van der Waals surface area contributed by atoms with E-state index in [1.54, 1.807) is 24.3 Å². The minimum Gasteiger partial charge on any atom is -0.447 e. The van der Waals surface area contributed by atoms with E-state index in [0.717, 1.165) is 12.3 Å². The number of esters is 1. The Balaban J connectivity index is 2.59. The molecule has 1 aromatic carbocycles. The molecule has 0 aliphatic carbocycles. The lowest BCUT2D eigenvalue weighted by Crippen LogP contribution is -2.30. The first kappa shape index (κ1) is 12.8. The zero-order chi connectivity index (χ0) is 14.0. The van der Waals surface area contributed by atoms with Crippen molar-refractivity contribution >= 4 is 22.8 Å². The minimum atomic E-state index is -1.38. The Hall–Kier alpha value is -2.63. The number of hydrogen-bond acceptors (Lipinski definition) is 4. The molecule has 0 fully saturated rings. The molecule has 0 saturated carbocycles. The van der Waals surface area contributed by atoms with Gasteiger partial charge in [0.1, 0.15) is 0 Å². The highest BCUT2D eigenvalue weighted by Gasteiger charge is 2.24. The summed E-state index contributed by atoms with van der Waals surface area (Å²) in [5.74, 6) is -1.58. The zero-order valence-corrected chi connectivity index (χ0v) is 10.2. The number of carbonyl (C=O) groups excluding carboxylic acids is 2. The van der Waals surface area contributed by atoms with E-state index in [1.807, 2.05) is 0 Å². The van der Waals surface area contributed by atoms with Crippen LogP contribution in [0, 0.1) is 0 Å². The monoisotopic (exact) mass is 260 g/mol. The smallest absolute Gasteiger partial charge is 0.303 e. The average Bonchev–Trinajstić information content (AvgIpc) is 2.35. The van der Waals surface area contributed by atoms with Crippen LogP contribution in [0.25, 0.3) is 10.9 Å². The minimum absolute atomic E-state index is 0.0152. The van der Waals surface area contributed by atoms with Gasteiger partial charge in [-0.2, -0.15) is 0 Å². The van der Waals surface area contributed by atoms with E-state index in [2.05, 4.69) is 4.98 Å². The topological polar surface area (TPSA) is 102 Å². The summed E-state index contributed by atoms with van der Waals surface area (Å²) >= 11 is 0. The first-order chi connectivity index (χ1) is 8.99. The molecule has 6 nitrogen and oxygen atoms in total. The number of nitrogens with one attached hydrogen (secondary N) is 1. The van der Waals surface area contributed by atoms with Crippen molar-refractivity contribution in [2.45, 2.75) is 13.0 Å². The van der Waals surface area contributed by atoms with Crippen molar-refractivity contribution in [1.29, 1.82) is 0 Å². The van der Waals surface area contributed by atoms with Gasteiger partial charge in [-0.05, 0) is 17.5 Å². The Bertz CT molecular complexity index is 705. The number of hydrogen-bond donors (Lipinski definition) is 2. The molecule has 2 rings (SSSR count). The number of rotatable bonds is 3. The standard InChI is InChI=1S/C13H12N2O4/c1-7(16)19-11(12(14)17)9-6-8-4-2-3-5-10(8)15-13(9)18/h2-6,11H,1H3,(H2,14,17)(H,15,18). The van der Waals surface area contributed by atoms with Gasteiger partial charge in [0.15, 0.2) is 0 Å². The second-order valence-corrected chi connectivity index (χ2v) is 4.03. The van der Waals surface area contributed by atoms with E-state index < -0.39 is 23.5 Å². The highest BCUT2D eigenvalue weighted by molar-refractivity contribution is 5.85. The van der Waals surface area contributed by atoms with Gasteiger partial charge >= 0.3 is 5.97 Å². The number of benzene rings is 1. The molecule has 1 heterocycles. The zero-order valence-electron chi connectivity index (χ0n) is 10.2. The van der Waals surface area contributed by atoms with E-state index in [1.165, 1.54) is 6.07 Å². The van der Waals surface area contributed by atoms with Crippen molar-refractivity contribution in [3.05, 3.63) is 46.2 Å². The quantitative estimate of drug-likeness (QED) is 0.789. The van der Waals surface area contributed by atoms with E-state index in [-0.39, 0.29) is 5.56 Å². The third kappa shape index (κ3) is 2.62. The van der Waals surface area contributed by atoms with Gasteiger partial charge < -0.3 is 15.5 Å². The number of ether oxygens (including phenoxy) is 1.